The molecular weight excluding hydrogens is 486 g/mol. The van der Waals surface area contributed by atoms with Crippen molar-refractivity contribution in [1.29, 1.82) is 0 Å². The summed E-state index contributed by atoms with van der Waals surface area (Å²) in [5.41, 5.74) is 4.53. The van der Waals surface area contributed by atoms with Crippen molar-refractivity contribution in [2.24, 2.45) is 0 Å². The topological polar surface area (TPSA) is 49.0 Å². The minimum absolute atomic E-state index is 0.0465. The highest BCUT2D eigenvalue weighted by molar-refractivity contribution is 5.16. The SMILES string of the molecule is c1ccc(COC[C@@H]2NC[C@H](OCc3ccccc3)[C@@H](OCc3ccccc3)[C@@H]2OCc2ccccc2)cc1. The Hall–Kier alpha value is -3.32. The van der Waals surface area contributed by atoms with Crippen molar-refractivity contribution >= 4 is 0 Å². The van der Waals surface area contributed by atoms with Crippen LogP contribution >= 0.6 is 0 Å². The van der Waals surface area contributed by atoms with Gasteiger partial charge in [0.1, 0.15) is 12.2 Å². The molecule has 0 amide bonds. The van der Waals surface area contributed by atoms with Gasteiger partial charge in [0.25, 0.3) is 0 Å². The molecule has 4 aromatic carbocycles. The molecule has 202 valence electrons. The predicted octanol–water partition coefficient (Wildman–Crippen LogP) is 5.93. The monoisotopic (exact) mass is 523 g/mol. The van der Waals surface area contributed by atoms with Crippen LogP contribution in [0, 0.1) is 0 Å². The molecule has 1 saturated heterocycles. The Labute approximate surface area is 231 Å². The molecule has 0 saturated carbocycles. The van der Waals surface area contributed by atoms with Gasteiger partial charge in [-0.05, 0) is 22.3 Å². The molecule has 1 aliphatic rings. The van der Waals surface area contributed by atoms with Crippen molar-refractivity contribution < 1.29 is 18.9 Å². The normalized spacial score (nSPS) is 21.0. The molecule has 1 heterocycles. The van der Waals surface area contributed by atoms with E-state index in [1.807, 2.05) is 72.8 Å². The molecule has 4 aromatic rings. The lowest BCUT2D eigenvalue weighted by molar-refractivity contribution is -0.181. The Balaban J connectivity index is 1.32. The van der Waals surface area contributed by atoms with E-state index in [9.17, 15) is 0 Å². The molecule has 5 nitrogen and oxygen atoms in total. The van der Waals surface area contributed by atoms with Crippen LogP contribution in [0.2, 0.25) is 0 Å². The van der Waals surface area contributed by atoms with Gasteiger partial charge in [-0.2, -0.15) is 0 Å². The highest BCUT2D eigenvalue weighted by atomic mass is 16.6. The smallest absolute Gasteiger partial charge is 0.113 e. The molecule has 39 heavy (non-hydrogen) atoms. The third kappa shape index (κ3) is 8.33. The molecule has 0 aromatic heterocycles. The standard InChI is InChI=1S/C34H37NO4/c1-5-13-27(14-6-1)22-36-26-31-33(38-24-29-17-9-3-10-18-29)34(39-25-30-19-11-4-12-20-30)32(21-35-31)37-23-28-15-7-2-8-16-28/h1-20,31-35H,21-26H2/t31-,32-,33+,34+/m0/s1. The first-order valence-corrected chi connectivity index (χ1v) is 13.7. The first kappa shape index (κ1) is 27.3. The van der Waals surface area contributed by atoms with Crippen LogP contribution < -0.4 is 5.32 Å². The summed E-state index contributed by atoms with van der Waals surface area (Å²) in [5.74, 6) is 0. The lowest BCUT2D eigenvalue weighted by Crippen LogP contribution is -2.63. The zero-order valence-electron chi connectivity index (χ0n) is 22.2. The number of piperidine rings is 1. The lowest BCUT2D eigenvalue weighted by atomic mass is 9.95. The Morgan fingerprint density at radius 3 is 1.38 bits per heavy atom. The third-order valence-corrected chi connectivity index (χ3v) is 6.95. The number of benzene rings is 4. The van der Waals surface area contributed by atoms with E-state index in [0.717, 1.165) is 22.3 Å². The van der Waals surface area contributed by atoms with Gasteiger partial charge in [-0.25, -0.2) is 0 Å². The summed E-state index contributed by atoms with van der Waals surface area (Å²) in [4.78, 5) is 0. The van der Waals surface area contributed by atoms with Gasteiger partial charge in [0.2, 0.25) is 0 Å². The first-order chi connectivity index (χ1) is 19.3. The van der Waals surface area contributed by atoms with Crippen molar-refractivity contribution in [1.82, 2.24) is 5.32 Å². The molecule has 0 radical (unpaired) electrons. The van der Waals surface area contributed by atoms with Crippen LogP contribution in [0.15, 0.2) is 121 Å². The Bertz CT molecular complexity index is 1210. The maximum Gasteiger partial charge on any atom is 0.113 e. The fraction of sp³-hybridized carbons (Fsp3) is 0.294. The molecule has 1 aliphatic heterocycles. The molecule has 0 spiro atoms. The molecular formula is C34H37NO4. The van der Waals surface area contributed by atoms with Crippen LogP contribution in [0.3, 0.4) is 0 Å². The molecule has 0 aliphatic carbocycles. The zero-order chi connectivity index (χ0) is 26.5. The number of hydrogen-bond donors (Lipinski definition) is 1. The van der Waals surface area contributed by atoms with Gasteiger partial charge in [0, 0.05) is 6.54 Å². The minimum Gasteiger partial charge on any atom is -0.375 e. The summed E-state index contributed by atoms with van der Waals surface area (Å²) in [7, 11) is 0. The number of ether oxygens (including phenoxy) is 4. The minimum atomic E-state index is -0.274. The highest BCUT2D eigenvalue weighted by Gasteiger charge is 2.42. The fourth-order valence-electron chi connectivity index (χ4n) is 4.85. The summed E-state index contributed by atoms with van der Waals surface area (Å²) < 4.78 is 25.9. The molecule has 1 N–H and O–H groups in total. The van der Waals surface area contributed by atoms with Gasteiger partial charge in [0.05, 0.1) is 45.2 Å². The van der Waals surface area contributed by atoms with Crippen LogP contribution in [0.1, 0.15) is 22.3 Å². The molecule has 5 heteroatoms. The molecule has 0 unspecified atom stereocenters. The highest BCUT2D eigenvalue weighted by Crippen LogP contribution is 2.24. The molecule has 5 rings (SSSR count). The van der Waals surface area contributed by atoms with Crippen LogP contribution in [0.25, 0.3) is 0 Å². The summed E-state index contributed by atoms with van der Waals surface area (Å²) in [6.45, 7) is 3.19. The maximum atomic E-state index is 6.62. The van der Waals surface area contributed by atoms with Crippen LogP contribution in [-0.4, -0.2) is 37.5 Å². The van der Waals surface area contributed by atoms with Crippen molar-refractivity contribution in [2.45, 2.75) is 50.8 Å². The first-order valence-electron chi connectivity index (χ1n) is 13.7. The van der Waals surface area contributed by atoms with Crippen LogP contribution in [0.5, 0.6) is 0 Å². The van der Waals surface area contributed by atoms with Gasteiger partial charge in [0.15, 0.2) is 0 Å². The number of hydrogen-bond acceptors (Lipinski definition) is 5. The Kier molecular flexibility index (Phi) is 10.3. The summed E-state index contributed by atoms with van der Waals surface area (Å²) in [6.07, 6.45) is -0.719. The average molecular weight is 524 g/mol. The van der Waals surface area contributed by atoms with Gasteiger partial charge in [-0.15, -0.1) is 0 Å². The Morgan fingerprint density at radius 2 is 0.897 bits per heavy atom. The van der Waals surface area contributed by atoms with E-state index in [1.165, 1.54) is 0 Å². The van der Waals surface area contributed by atoms with E-state index in [2.05, 4.69) is 53.8 Å². The Morgan fingerprint density at radius 1 is 0.487 bits per heavy atom. The third-order valence-electron chi connectivity index (χ3n) is 6.95. The van der Waals surface area contributed by atoms with E-state index < -0.39 is 0 Å². The average Bonchev–Trinajstić information content (AvgIpc) is 3.00. The van der Waals surface area contributed by atoms with Gasteiger partial charge in [-0.3, -0.25) is 0 Å². The second-order valence-corrected chi connectivity index (χ2v) is 9.87. The second kappa shape index (κ2) is 14.7. The quantitative estimate of drug-likeness (QED) is 0.235. The van der Waals surface area contributed by atoms with Crippen molar-refractivity contribution in [2.75, 3.05) is 13.2 Å². The number of rotatable bonds is 13. The lowest BCUT2D eigenvalue weighted by Gasteiger charge is -2.43. The number of nitrogens with one attached hydrogen (secondary N) is 1. The van der Waals surface area contributed by atoms with Gasteiger partial charge in [-0.1, -0.05) is 121 Å². The maximum absolute atomic E-state index is 6.62. The van der Waals surface area contributed by atoms with E-state index >= 15 is 0 Å². The van der Waals surface area contributed by atoms with Gasteiger partial charge < -0.3 is 24.3 Å². The van der Waals surface area contributed by atoms with E-state index in [0.29, 0.717) is 39.6 Å². The second-order valence-electron chi connectivity index (χ2n) is 9.87. The van der Waals surface area contributed by atoms with Crippen molar-refractivity contribution in [3.63, 3.8) is 0 Å². The van der Waals surface area contributed by atoms with Crippen LogP contribution in [0.4, 0.5) is 0 Å². The predicted molar refractivity (Wildman–Crippen MR) is 153 cm³/mol. The van der Waals surface area contributed by atoms with E-state index in [1.54, 1.807) is 0 Å². The van der Waals surface area contributed by atoms with E-state index in [-0.39, 0.29) is 24.4 Å². The summed E-state index contributed by atoms with van der Waals surface area (Å²) >= 11 is 0. The van der Waals surface area contributed by atoms with Crippen molar-refractivity contribution in [3.05, 3.63) is 144 Å². The van der Waals surface area contributed by atoms with Crippen molar-refractivity contribution in [3.8, 4) is 0 Å². The molecule has 4 atom stereocenters. The molecule has 0 bridgehead atoms. The summed E-state index contributed by atoms with van der Waals surface area (Å²) in [6, 6.07) is 41.0. The van der Waals surface area contributed by atoms with E-state index in [4.69, 9.17) is 18.9 Å². The summed E-state index contributed by atoms with van der Waals surface area (Å²) in [5, 5.41) is 3.65. The zero-order valence-corrected chi connectivity index (χ0v) is 22.2. The largest absolute Gasteiger partial charge is 0.375 e. The molecule has 1 fully saturated rings. The fourth-order valence-corrected chi connectivity index (χ4v) is 4.85. The van der Waals surface area contributed by atoms with Crippen LogP contribution in [-0.2, 0) is 45.4 Å². The van der Waals surface area contributed by atoms with Gasteiger partial charge >= 0.3 is 0 Å².